The van der Waals surface area contributed by atoms with Gasteiger partial charge >= 0.3 is 12.1 Å². The molecule has 1 amide bonds. The van der Waals surface area contributed by atoms with Gasteiger partial charge in [0.2, 0.25) is 11.5 Å². The van der Waals surface area contributed by atoms with Crippen LogP contribution in [0.15, 0.2) is 17.3 Å². The largest absolute Gasteiger partial charge is 0.419 e. The van der Waals surface area contributed by atoms with E-state index in [1.165, 1.54) is 0 Å². The Labute approximate surface area is 119 Å². The van der Waals surface area contributed by atoms with E-state index in [1.807, 2.05) is 5.32 Å². The van der Waals surface area contributed by atoms with Crippen LogP contribution in [-0.4, -0.2) is 23.4 Å². The molecule has 0 aromatic heterocycles. The normalized spacial score (nSPS) is 16.3. The summed E-state index contributed by atoms with van der Waals surface area (Å²) in [5.41, 5.74) is -3.54. The van der Waals surface area contributed by atoms with Crippen molar-refractivity contribution in [2.45, 2.75) is 13.1 Å². The first-order valence-corrected chi connectivity index (χ1v) is 5.63. The van der Waals surface area contributed by atoms with Gasteiger partial charge in [0.25, 0.3) is 5.91 Å². The maximum atomic E-state index is 13.5. The summed E-state index contributed by atoms with van der Waals surface area (Å²) >= 11 is 0. The fourth-order valence-corrected chi connectivity index (χ4v) is 1.69. The number of rotatable bonds is 1. The minimum atomic E-state index is -4.99. The zero-order chi connectivity index (χ0) is 16.7. The van der Waals surface area contributed by atoms with Gasteiger partial charge < -0.3 is 10.2 Å². The lowest BCUT2D eigenvalue weighted by molar-refractivity contribution is -0.141. The molecular weight excluding hydrogens is 312 g/mol. The number of fused-ring (bicyclic) bond motifs is 1. The fraction of sp³-hybridized carbons (Fsp3) is 0.167. The van der Waals surface area contributed by atoms with Gasteiger partial charge in [0.15, 0.2) is 0 Å². The van der Waals surface area contributed by atoms with Crippen LogP contribution in [0.1, 0.15) is 22.8 Å². The van der Waals surface area contributed by atoms with Crippen LogP contribution in [0.25, 0.3) is 0 Å². The fourth-order valence-electron chi connectivity index (χ4n) is 1.69. The Kier molecular flexibility index (Phi) is 3.69. The van der Waals surface area contributed by atoms with E-state index in [2.05, 4.69) is 9.99 Å². The van der Waals surface area contributed by atoms with Crippen LogP contribution in [0.4, 0.5) is 23.2 Å². The summed E-state index contributed by atoms with van der Waals surface area (Å²) in [6.45, 7) is 0.957. The van der Waals surface area contributed by atoms with Crippen LogP contribution < -0.4 is 5.32 Å². The lowest BCUT2D eigenvalue weighted by atomic mass is 9.97. The van der Waals surface area contributed by atoms with Crippen molar-refractivity contribution in [1.29, 1.82) is 0 Å². The number of carbonyl (C=O) groups is 3. The number of ketones is 1. The van der Waals surface area contributed by atoms with Gasteiger partial charge in [-0.1, -0.05) is 5.16 Å². The summed E-state index contributed by atoms with van der Waals surface area (Å²) in [5.74, 6) is -4.92. The molecule has 0 spiro atoms. The van der Waals surface area contributed by atoms with Gasteiger partial charge in [-0.2, -0.15) is 13.2 Å². The van der Waals surface area contributed by atoms with Gasteiger partial charge in [-0.3, -0.25) is 9.59 Å². The molecule has 0 radical (unpaired) electrons. The molecule has 1 aromatic carbocycles. The Morgan fingerprint density at radius 2 is 1.91 bits per heavy atom. The molecule has 10 heteroatoms. The number of amides is 1. The SMILES string of the molecule is CC(=O)ON=C1C(=O)Nc2cc(C(F)(F)F)c(F)cc2C1=O. The van der Waals surface area contributed by atoms with Crippen LogP contribution in [0.5, 0.6) is 0 Å². The number of anilines is 1. The molecule has 0 atom stereocenters. The third kappa shape index (κ3) is 2.80. The molecule has 1 N–H and O–H groups in total. The molecule has 2 rings (SSSR count). The van der Waals surface area contributed by atoms with Crippen molar-refractivity contribution in [1.82, 2.24) is 0 Å². The van der Waals surface area contributed by atoms with Crippen molar-refractivity contribution < 1.29 is 36.8 Å². The van der Waals surface area contributed by atoms with Crippen LogP contribution in [0.3, 0.4) is 0 Å². The maximum absolute atomic E-state index is 13.5. The molecule has 1 aromatic rings. The Morgan fingerprint density at radius 1 is 1.27 bits per heavy atom. The molecule has 0 fully saturated rings. The van der Waals surface area contributed by atoms with Gasteiger partial charge in [0, 0.05) is 6.92 Å². The van der Waals surface area contributed by atoms with Gasteiger partial charge in [-0.25, -0.2) is 9.18 Å². The number of hydrogen-bond acceptors (Lipinski definition) is 5. The highest BCUT2D eigenvalue weighted by molar-refractivity contribution is 6.72. The highest BCUT2D eigenvalue weighted by Gasteiger charge is 2.38. The van der Waals surface area contributed by atoms with Gasteiger partial charge in [0.1, 0.15) is 5.82 Å². The van der Waals surface area contributed by atoms with E-state index < -0.39 is 52.2 Å². The Balaban J connectivity index is 2.52. The zero-order valence-corrected chi connectivity index (χ0v) is 10.7. The molecule has 0 aliphatic carbocycles. The molecule has 0 unspecified atom stereocenters. The standard InChI is InChI=1S/C12H6F4N2O4/c1-4(19)22-18-9-10(20)5-2-7(13)6(12(14,15)16)3-8(5)17-11(9)21/h2-3H,1H3,(H,17,21). The zero-order valence-electron chi connectivity index (χ0n) is 10.7. The molecule has 0 saturated heterocycles. The van der Waals surface area contributed by atoms with Crippen molar-refractivity contribution >= 4 is 29.1 Å². The first kappa shape index (κ1) is 15.6. The van der Waals surface area contributed by atoms with Crippen molar-refractivity contribution in [2.75, 3.05) is 5.32 Å². The molecule has 6 nitrogen and oxygen atoms in total. The van der Waals surface area contributed by atoms with E-state index in [1.54, 1.807) is 0 Å². The minimum Gasteiger partial charge on any atom is -0.320 e. The second kappa shape index (κ2) is 5.20. The first-order valence-electron chi connectivity index (χ1n) is 5.63. The number of alkyl halides is 3. The van der Waals surface area contributed by atoms with Crippen LogP contribution >= 0.6 is 0 Å². The summed E-state index contributed by atoms with van der Waals surface area (Å²) in [4.78, 5) is 38.3. The summed E-state index contributed by atoms with van der Waals surface area (Å²) < 4.78 is 51.2. The molecule has 22 heavy (non-hydrogen) atoms. The van der Waals surface area contributed by atoms with Crippen molar-refractivity contribution in [2.24, 2.45) is 5.16 Å². The van der Waals surface area contributed by atoms with Crippen LogP contribution in [0, 0.1) is 5.82 Å². The molecule has 1 aliphatic rings. The lowest BCUT2D eigenvalue weighted by Gasteiger charge is -2.19. The maximum Gasteiger partial charge on any atom is 0.419 e. The number of hydrogen-bond donors (Lipinski definition) is 1. The lowest BCUT2D eigenvalue weighted by Crippen LogP contribution is -2.36. The Hall–Kier alpha value is -2.78. The van der Waals surface area contributed by atoms with Crippen molar-refractivity contribution in [3.05, 3.63) is 29.1 Å². The third-order valence-electron chi connectivity index (χ3n) is 2.60. The third-order valence-corrected chi connectivity index (χ3v) is 2.60. The average Bonchev–Trinajstić information content (AvgIpc) is 2.37. The van der Waals surface area contributed by atoms with Gasteiger partial charge in [-0.15, -0.1) is 0 Å². The van der Waals surface area contributed by atoms with E-state index in [0.717, 1.165) is 6.92 Å². The average molecular weight is 318 g/mol. The topological polar surface area (TPSA) is 84.8 Å². The second-order valence-corrected chi connectivity index (χ2v) is 4.18. The summed E-state index contributed by atoms with van der Waals surface area (Å²) in [6, 6.07) is 0.645. The predicted octanol–water partition coefficient (Wildman–Crippen LogP) is 1.90. The van der Waals surface area contributed by atoms with Crippen LogP contribution in [0.2, 0.25) is 0 Å². The second-order valence-electron chi connectivity index (χ2n) is 4.18. The summed E-state index contributed by atoms with van der Waals surface area (Å²) in [5, 5.41) is 4.96. The summed E-state index contributed by atoms with van der Waals surface area (Å²) in [6.07, 6.45) is -4.99. The summed E-state index contributed by atoms with van der Waals surface area (Å²) in [7, 11) is 0. The molecule has 1 heterocycles. The van der Waals surface area contributed by atoms with Gasteiger partial charge in [0.05, 0.1) is 16.8 Å². The van der Waals surface area contributed by atoms with Crippen molar-refractivity contribution in [3.8, 4) is 0 Å². The van der Waals surface area contributed by atoms with E-state index in [-0.39, 0.29) is 0 Å². The van der Waals surface area contributed by atoms with Gasteiger partial charge in [-0.05, 0) is 12.1 Å². The van der Waals surface area contributed by atoms with E-state index in [0.29, 0.717) is 12.1 Å². The number of oxime groups is 1. The number of halogens is 4. The quantitative estimate of drug-likeness (QED) is 0.487. The molecule has 0 saturated carbocycles. The Bertz CT molecular complexity index is 725. The number of carbonyl (C=O) groups excluding carboxylic acids is 3. The molecule has 116 valence electrons. The number of Topliss-reactive ketones (excluding diaryl/α,β-unsaturated/α-hetero) is 1. The number of benzene rings is 1. The molecule has 1 aliphatic heterocycles. The molecular formula is C12H6F4N2O4. The highest BCUT2D eigenvalue weighted by atomic mass is 19.4. The smallest absolute Gasteiger partial charge is 0.320 e. The van der Waals surface area contributed by atoms with E-state index in [4.69, 9.17) is 0 Å². The number of nitrogens with zero attached hydrogens (tertiary/aromatic N) is 1. The first-order chi connectivity index (χ1) is 10.1. The number of nitrogens with one attached hydrogen (secondary N) is 1. The van der Waals surface area contributed by atoms with E-state index >= 15 is 0 Å². The monoisotopic (exact) mass is 318 g/mol. The molecule has 0 bridgehead atoms. The Morgan fingerprint density at radius 3 is 2.45 bits per heavy atom. The highest BCUT2D eigenvalue weighted by Crippen LogP contribution is 2.35. The van der Waals surface area contributed by atoms with Crippen LogP contribution in [-0.2, 0) is 20.6 Å². The van der Waals surface area contributed by atoms with E-state index in [9.17, 15) is 31.9 Å². The minimum absolute atomic E-state index is 0.309. The predicted molar refractivity (Wildman–Crippen MR) is 63.6 cm³/mol. The van der Waals surface area contributed by atoms with Crippen molar-refractivity contribution in [3.63, 3.8) is 0 Å².